The Balaban J connectivity index is 1.39. The van der Waals surface area contributed by atoms with Crippen LogP contribution in [0, 0.1) is 0 Å². The van der Waals surface area contributed by atoms with E-state index in [-0.39, 0.29) is 0 Å². The molecule has 0 aliphatic carbocycles. The van der Waals surface area contributed by atoms with Crippen molar-refractivity contribution in [1.82, 2.24) is 4.57 Å². The van der Waals surface area contributed by atoms with Crippen molar-refractivity contribution >= 4 is 55.1 Å². The fourth-order valence-corrected chi connectivity index (χ4v) is 4.87. The Labute approximate surface area is 190 Å². The highest BCUT2D eigenvalue weighted by Crippen LogP contribution is 2.36. The van der Waals surface area contributed by atoms with E-state index in [0.717, 1.165) is 39.0 Å². The largest absolute Gasteiger partial charge is 0.456 e. The summed E-state index contributed by atoms with van der Waals surface area (Å²) in [5, 5.41) is 8.22. The molecule has 0 saturated carbocycles. The molecular formula is C30H20N2O. The molecule has 0 fully saturated rings. The van der Waals surface area contributed by atoms with Crippen molar-refractivity contribution in [3.63, 3.8) is 0 Å². The zero-order valence-corrected chi connectivity index (χ0v) is 17.8. The second-order valence-corrected chi connectivity index (χ2v) is 8.35. The summed E-state index contributed by atoms with van der Waals surface area (Å²) in [7, 11) is 0. The topological polar surface area (TPSA) is 30.1 Å². The lowest BCUT2D eigenvalue weighted by Crippen LogP contribution is -1.93. The lowest BCUT2D eigenvalue weighted by Gasteiger charge is -2.07. The van der Waals surface area contributed by atoms with Gasteiger partial charge in [-0.15, -0.1) is 0 Å². The first-order valence-corrected chi connectivity index (χ1v) is 11.1. The van der Waals surface area contributed by atoms with Crippen molar-refractivity contribution in [2.45, 2.75) is 0 Å². The van der Waals surface area contributed by atoms with Crippen LogP contribution in [0.5, 0.6) is 0 Å². The van der Waals surface area contributed by atoms with Crippen LogP contribution < -0.4 is 5.32 Å². The van der Waals surface area contributed by atoms with Crippen LogP contribution in [-0.4, -0.2) is 4.57 Å². The van der Waals surface area contributed by atoms with Crippen molar-refractivity contribution < 1.29 is 4.42 Å². The molecule has 7 rings (SSSR count). The Morgan fingerprint density at radius 1 is 0.485 bits per heavy atom. The first-order chi connectivity index (χ1) is 16.3. The number of fused-ring (bicyclic) bond motifs is 6. The molecule has 0 bridgehead atoms. The molecule has 0 aliphatic rings. The second-order valence-electron chi connectivity index (χ2n) is 8.35. The second kappa shape index (κ2) is 7.01. The summed E-state index contributed by atoms with van der Waals surface area (Å²) in [6.45, 7) is 0. The minimum atomic E-state index is 0.880. The zero-order chi connectivity index (χ0) is 21.8. The van der Waals surface area contributed by atoms with E-state index in [2.05, 4.69) is 107 Å². The Kier molecular flexibility index (Phi) is 3.84. The fraction of sp³-hybridized carbons (Fsp3) is 0. The van der Waals surface area contributed by atoms with Crippen molar-refractivity contribution in [1.29, 1.82) is 0 Å². The first-order valence-electron chi connectivity index (χ1n) is 11.1. The molecule has 0 radical (unpaired) electrons. The fourth-order valence-electron chi connectivity index (χ4n) is 4.87. The van der Waals surface area contributed by atoms with E-state index in [1.165, 1.54) is 21.8 Å². The van der Waals surface area contributed by atoms with Gasteiger partial charge in [0.15, 0.2) is 0 Å². The molecule has 33 heavy (non-hydrogen) atoms. The third-order valence-corrected chi connectivity index (χ3v) is 6.36. The van der Waals surface area contributed by atoms with E-state index in [1.54, 1.807) is 0 Å². The first kappa shape index (κ1) is 18.1. The van der Waals surface area contributed by atoms with E-state index in [0.29, 0.717) is 0 Å². The lowest BCUT2D eigenvalue weighted by molar-refractivity contribution is 0.669. The average molecular weight is 425 g/mol. The van der Waals surface area contributed by atoms with Gasteiger partial charge in [-0.2, -0.15) is 0 Å². The molecule has 0 amide bonds. The van der Waals surface area contributed by atoms with Crippen LogP contribution in [0.15, 0.2) is 120 Å². The molecule has 5 aromatic carbocycles. The van der Waals surface area contributed by atoms with Gasteiger partial charge >= 0.3 is 0 Å². The number of benzene rings is 5. The molecule has 0 atom stereocenters. The van der Waals surface area contributed by atoms with Crippen molar-refractivity contribution in [2.75, 3.05) is 5.32 Å². The number of furan rings is 1. The number of hydrogen-bond acceptors (Lipinski definition) is 2. The predicted molar refractivity (Wildman–Crippen MR) is 138 cm³/mol. The number of para-hydroxylation sites is 3. The van der Waals surface area contributed by atoms with Crippen LogP contribution in [0.25, 0.3) is 49.4 Å². The summed E-state index contributed by atoms with van der Waals surface area (Å²) in [5.41, 5.74) is 7.33. The monoisotopic (exact) mass is 424 g/mol. The van der Waals surface area contributed by atoms with Crippen molar-refractivity contribution in [3.05, 3.63) is 115 Å². The number of aromatic nitrogens is 1. The number of nitrogens with zero attached hydrogens (tertiary/aromatic N) is 1. The maximum absolute atomic E-state index is 6.34. The maximum atomic E-state index is 6.34. The summed E-state index contributed by atoms with van der Waals surface area (Å²) < 4.78 is 8.66. The highest BCUT2D eigenvalue weighted by molar-refractivity contribution is 6.10. The minimum Gasteiger partial charge on any atom is -0.456 e. The number of nitrogens with one attached hydrogen (secondary N) is 1. The van der Waals surface area contributed by atoms with Crippen LogP contribution in [0.4, 0.5) is 11.4 Å². The van der Waals surface area contributed by atoms with Gasteiger partial charge in [0.05, 0.1) is 11.0 Å². The highest BCUT2D eigenvalue weighted by atomic mass is 16.3. The Bertz CT molecular complexity index is 1740. The van der Waals surface area contributed by atoms with Gasteiger partial charge in [-0.1, -0.05) is 54.6 Å². The number of rotatable bonds is 3. The normalized spacial score (nSPS) is 11.6. The van der Waals surface area contributed by atoms with Crippen molar-refractivity contribution in [3.8, 4) is 5.69 Å². The molecule has 156 valence electrons. The van der Waals surface area contributed by atoms with Gasteiger partial charge in [0.25, 0.3) is 0 Å². The summed E-state index contributed by atoms with van der Waals surface area (Å²) in [6.07, 6.45) is 0. The Hall–Kier alpha value is -4.50. The van der Waals surface area contributed by atoms with E-state index >= 15 is 0 Å². The van der Waals surface area contributed by atoms with Crippen molar-refractivity contribution in [2.24, 2.45) is 0 Å². The molecule has 0 unspecified atom stereocenters. The van der Waals surface area contributed by atoms with Gasteiger partial charge in [0.2, 0.25) is 0 Å². The van der Waals surface area contributed by atoms with Crippen LogP contribution in [0.3, 0.4) is 0 Å². The third-order valence-electron chi connectivity index (χ3n) is 6.36. The predicted octanol–water partition coefficient (Wildman–Crippen LogP) is 8.43. The smallest absolute Gasteiger partial charge is 0.137 e. The quantitative estimate of drug-likeness (QED) is 0.308. The SMILES string of the molecule is c1ccc(Nc2ccc3c(c2)oc2cc(-n4c5ccccc5c5ccccc54)ccc23)cc1. The van der Waals surface area contributed by atoms with Gasteiger partial charge in [0.1, 0.15) is 11.2 Å². The molecule has 0 saturated heterocycles. The van der Waals surface area contributed by atoms with Crippen LogP contribution in [0.2, 0.25) is 0 Å². The molecule has 2 aromatic heterocycles. The van der Waals surface area contributed by atoms with Crippen LogP contribution >= 0.6 is 0 Å². The molecule has 2 heterocycles. The molecule has 1 N–H and O–H groups in total. The third kappa shape index (κ3) is 2.83. The number of anilines is 2. The molecule has 3 nitrogen and oxygen atoms in total. The summed E-state index contributed by atoms with van der Waals surface area (Å²) in [4.78, 5) is 0. The van der Waals surface area contributed by atoms with Gasteiger partial charge < -0.3 is 14.3 Å². The van der Waals surface area contributed by atoms with E-state index in [1.807, 2.05) is 18.2 Å². The summed E-state index contributed by atoms with van der Waals surface area (Å²) in [5.74, 6) is 0. The van der Waals surface area contributed by atoms with E-state index in [4.69, 9.17) is 4.42 Å². The average Bonchev–Trinajstić information content (AvgIpc) is 3.39. The molecular weight excluding hydrogens is 404 g/mol. The molecule has 0 aliphatic heterocycles. The van der Waals surface area contributed by atoms with Crippen LogP contribution in [-0.2, 0) is 0 Å². The van der Waals surface area contributed by atoms with Crippen LogP contribution in [0.1, 0.15) is 0 Å². The molecule has 7 aromatic rings. The molecule has 0 spiro atoms. The van der Waals surface area contributed by atoms with Gasteiger partial charge in [-0.25, -0.2) is 0 Å². The highest BCUT2D eigenvalue weighted by Gasteiger charge is 2.14. The lowest BCUT2D eigenvalue weighted by atomic mass is 10.1. The Morgan fingerprint density at radius 2 is 1.09 bits per heavy atom. The summed E-state index contributed by atoms with van der Waals surface area (Å²) in [6, 6.07) is 40.1. The van der Waals surface area contributed by atoms with E-state index in [9.17, 15) is 0 Å². The Morgan fingerprint density at radius 3 is 1.82 bits per heavy atom. The van der Waals surface area contributed by atoms with Gasteiger partial charge in [0, 0.05) is 50.7 Å². The minimum absolute atomic E-state index is 0.880. The molecule has 3 heteroatoms. The van der Waals surface area contributed by atoms with Gasteiger partial charge in [-0.05, 0) is 48.5 Å². The standard InChI is InChI=1S/C30H20N2O/c1-2-8-20(9-3-1)31-21-14-16-25-26-17-15-22(19-30(26)33-29(25)18-21)32-27-12-6-4-10-23(27)24-11-5-7-13-28(24)32/h1-19,31H. The number of hydrogen-bond donors (Lipinski definition) is 1. The maximum Gasteiger partial charge on any atom is 0.137 e. The van der Waals surface area contributed by atoms with E-state index < -0.39 is 0 Å². The van der Waals surface area contributed by atoms with Gasteiger partial charge in [-0.3, -0.25) is 0 Å². The zero-order valence-electron chi connectivity index (χ0n) is 17.8. The summed E-state index contributed by atoms with van der Waals surface area (Å²) >= 11 is 0.